The molecule has 3 heterocycles. The molecule has 0 aliphatic heterocycles. The largest absolute Gasteiger partial charge is 0.356 e. The fourth-order valence-corrected chi connectivity index (χ4v) is 3.35. The molecule has 0 saturated heterocycles. The highest BCUT2D eigenvalue weighted by molar-refractivity contribution is 5.83. The summed E-state index contributed by atoms with van der Waals surface area (Å²) < 4.78 is 23.3. The van der Waals surface area contributed by atoms with Crippen LogP contribution in [0.2, 0.25) is 0 Å². The number of aliphatic imine (C=N–C) groups is 1. The Hall–Kier alpha value is -2.90. The first-order chi connectivity index (χ1) is 15.8. The summed E-state index contributed by atoms with van der Waals surface area (Å²) in [6, 6.07) is 5.98. The normalized spacial score (nSPS) is 13.0. The van der Waals surface area contributed by atoms with Crippen LogP contribution in [0.4, 0.5) is 20.4 Å². The maximum Gasteiger partial charge on any atom is 0.240 e. The minimum atomic E-state index is -2.12. The van der Waals surface area contributed by atoms with Crippen LogP contribution < -0.4 is 5.32 Å². The monoisotopic (exact) mass is 458 g/mol. The van der Waals surface area contributed by atoms with Crippen molar-refractivity contribution in [2.45, 2.75) is 79.1 Å². The molecule has 1 aliphatic rings. The van der Waals surface area contributed by atoms with Gasteiger partial charge in [0, 0.05) is 30.9 Å². The summed E-state index contributed by atoms with van der Waals surface area (Å²) in [6.07, 6.45) is 10.6. The standard InChI is InChI=1S/C16H18N6.C6H12.C3H6F2/c1-10(2)19-13-5-6-14(20-11(13)3)12-7-8-22-15(12)9-18-16(17-4)21-22;1-2-4-6-5-3-1;1-2-3(4)5/h5-9H,1-4H3,(H,17,21);1-6H2;3H,2H2,1H3. The Morgan fingerprint density at radius 1 is 1.09 bits per heavy atom. The SMILES string of the molecule is C1CCCCC1.CCC(F)F.CNc1ncc2c(-c3ccc(N=C(C)C)c(C)n3)ccn2n1. The van der Waals surface area contributed by atoms with E-state index in [0.717, 1.165) is 33.9 Å². The smallest absolute Gasteiger partial charge is 0.240 e. The van der Waals surface area contributed by atoms with E-state index in [2.05, 4.69) is 25.4 Å². The molecule has 1 N–H and O–H groups in total. The lowest BCUT2D eigenvalue weighted by Crippen LogP contribution is -2.00. The Labute approximate surface area is 195 Å². The van der Waals surface area contributed by atoms with Gasteiger partial charge in [0.1, 0.15) is 0 Å². The zero-order valence-corrected chi connectivity index (χ0v) is 20.4. The number of alkyl halides is 2. The van der Waals surface area contributed by atoms with Gasteiger partial charge in [-0.05, 0) is 39.0 Å². The fraction of sp³-hybridized carbons (Fsp3) is 0.520. The number of nitrogens with zero attached hydrogens (tertiary/aromatic N) is 5. The second-order valence-electron chi connectivity index (χ2n) is 8.17. The van der Waals surface area contributed by atoms with Gasteiger partial charge in [-0.1, -0.05) is 45.4 Å². The summed E-state index contributed by atoms with van der Waals surface area (Å²) in [7, 11) is 1.80. The van der Waals surface area contributed by atoms with Crippen molar-refractivity contribution in [2.75, 3.05) is 12.4 Å². The van der Waals surface area contributed by atoms with E-state index in [1.54, 1.807) is 17.8 Å². The molecule has 0 amide bonds. The maximum atomic E-state index is 10.8. The molecule has 0 aromatic carbocycles. The molecule has 0 radical (unpaired) electrons. The molecule has 33 heavy (non-hydrogen) atoms. The van der Waals surface area contributed by atoms with E-state index in [4.69, 9.17) is 0 Å². The maximum absolute atomic E-state index is 10.8. The number of hydrogen-bond donors (Lipinski definition) is 1. The van der Waals surface area contributed by atoms with Gasteiger partial charge in [0.2, 0.25) is 12.4 Å². The first-order valence-electron chi connectivity index (χ1n) is 11.7. The minimum absolute atomic E-state index is 0.0278. The number of hydrogen-bond acceptors (Lipinski definition) is 5. The third-order valence-corrected chi connectivity index (χ3v) is 5.13. The van der Waals surface area contributed by atoms with Crippen LogP contribution in [-0.2, 0) is 0 Å². The van der Waals surface area contributed by atoms with Gasteiger partial charge in [0.05, 0.1) is 28.8 Å². The van der Waals surface area contributed by atoms with Gasteiger partial charge in [-0.3, -0.25) is 9.98 Å². The molecule has 1 aliphatic carbocycles. The summed E-state index contributed by atoms with van der Waals surface area (Å²) in [5.74, 6) is 0.585. The molecule has 0 spiro atoms. The molecule has 3 aromatic heterocycles. The highest BCUT2D eigenvalue weighted by Gasteiger charge is 2.10. The van der Waals surface area contributed by atoms with Gasteiger partial charge < -0.3 is 5.32 Å². The van der Waals surface area contributed by atoms with Gasteiger partial charge in [-0.2, -0.15) is 0 Å². The molecule has 0 unspecified atom stereocenters. The van der Waals surface area contributed by atoms with Crippen LogP contribution in [0, 0.1) is 6.92 Å². The molecule has 1 saturated carbocycles. The van der Waals surface area contributed by atoms with Gasteiger partial charge in [0.25, 0.3) is 0 Å². The second kappa shape index (κ2) is 13.6. The van der Waals surface area contributed by atoms with E-state index < -0.39 is 6.43 Å². The molecule has 6 nitrogen and oxygen atoms in total. The van der Waals surface area contributed by atoms with Gasteiger partial charge >= 0.3 is 0 Å². The van der Waals surface area contributed by atoms with Gasteiger partial charge in [-0.25, -0.2) is 18.3 Å². The number of fused-ring (bicyclic) bond motifs is 1. The lowest BCUT2D eigenvalue weighted by atomic mass is 10.0. The lowest BCUT2D eigenvalue weighted by molar-refractivity contribution is 0.144. The topological polar surface area (TPSA) is 67.5 Å². The molecule has 3 aromatic rings. The average molecular weight is 459 g/mol. The highest BCUT2D eigenvalue weighted by Crippen LogP contribution is 2.27. The van der Waals surface area contributed by atoms with Crippen LogP contribution in [0.15, 0.2) is 35.6 Å². The molecule has 0 bridgehead atoms. The van der Waals surface area contributed by atoms with Crippen molar-refractivity contribution in [3.8, 4) is 11.3 Å². The van der Waals surface area contributed by atoms with Gasteiger partial charge in [-0.15, -0.1) is 5.10 Å². The number of aryl methyl sites for hydroxylation is 1. The number of pyridine rings is 1. The number of nitrogens with one attached hydrogen (secondary N) is 1. The van der Waals surface area contributed by atoms with Crippen LogP contribution in [0.5, 0.6) is 0 Å². The van der Waals surface area contributed by atoms with E-state index >= 15 is 0 Å². The zero-order valence-electron chi connectivity index (χ0n) is 20.4. The molecule has 0 atom stereocenters. The first-order valence-corrected chi connectivity index (χ1v) is 11.7. The predicted molar refractivity (Wildman–Crippen MR) is 133 cm³/mol. The Kier molecular flexibility index (Phi) is 10.9. The summed E-state index contributed by atoms with van der Waals surface area (Å²) in [5.41, 5.74) is 5.66. The van der Waals surface area contributed by atoms with E-state index in [0.29, 0.717) is 5.95 Å². The van der Waals surface area contributed by atoms with Crippen LogP contribution in [0.1, 0.15) is 71.4 Å². The van der Waals surface area contributed by atoms with Crippen molar-refractivity contribution in [3.63, 3.8) is 0 Å². The Bertz CT molecular complexity index is 1010. The third-order valence-electron chi connectivity index (χ3n) is 5.13. The summed E-state index contributed by atoms with van der Waals surface area (Å²) >= 11 is 0. The van der Waals surface area contributed by atoms with E-state index in [1.807, 2.05) is 45.2 Å². The van der Waals surface area contributed by atoms with Crippen molar-refractivity contribution in [3.05, 3.63) is 36.3 Å². The van der Waals surface area contributed by atoms with Crippen molar-refractivity contribution < 1.29 is 8.78 Å². The summed E-state index contributed by atoms with van der Waals surface area (Å²) in [6.45, 7) is 7.38. The predicted octanol–water partition coefficient (Wildman–Crippen LogP) is 7.26. The Morgan fingerprint density at radius 3 is 2.18 bits per heavy atom. The number of anilines is 1. The highest BCUT2D eigenvalue weighted by atomic mass is 19.3. The lowest BCUT2D eigenvalue weighted by Gasteiger charge is -2.05. The summed E-state index contributed by atoms with van der Waals surface area (Å²) in [5, 5.41) is 7.29. The molecule has 8 heteroatoms. The van der Waals surface area contributed by atoms with Crippen molar-refractivity contribution in [1.29, 1.82) is 0 Å². The van der Waals surface area contributed by atoms with Crippen LogP contribution >= 0.6 is 0 Å². The van der Waals surface area contributed by atoms with Crippen LogP contribution in [-0.4, -0.2) is 38.8 Å². The number of aromatic nitrogens is 4. The molecular weight excluding hydrogens is 422 g/mol. The van der Waals surface area contributed by atoms with Crippen molar-refractivity contribution in [1.82, 2.24) is 19.6 Å². The van der Waals surface area contributed by atoms with Crippen LogP contribution in [0.3, 0.4) is 0 Å². The van der Waals surface area contributed by atoms with E-state index in [-0.39, 0.29) is 6.42 Å². The Balaban J connectivity index is 0.000000289. The Morgan fingerprint density at radius 2 is 1.70 bits per heavy atom. The number of rotatable bonds is 4. The fourth-order valence-electron chi connectivity index (χ4n) is 3.35. The summed E-state index contributed by atoms with van der Waals surface area (Å²) in [4.78, 5) is 13.4. The van der Waals surface area contributed by atoms with Crippen molar-refractivity contribution >= 4 is 22.9 Å². The third kappa shape index (κ3) is 8.51. The van der Waals surface area contributed by atoms with Gasteiger partial charge in [0.15, 0.2) is 0 Å². The zero-order chi connectivity index (χ0) is 24.2. The molecule has 1 fully saturated rings. The van der Waals surface area contributed by atoms with E-state index in [9.17, 15) is 8.78 Å². The first kappa shape index (κ1) is 26.4. The molecule has 4 rings (SSSR count). The quantitative estimate of drug-likeness (QED) is 0.418. The van der Waals surface area contributed by atoms with Crippen molar-refractivity contribution in [2.24, 2.45) is 4.99 Å². The minimum Gasteiger partial charge on any atom is -0.356 e. The number of halogens is 2. The average Bonchev–Trinajstić information content (AvgIpc) is 3.25. The van der Waals surface area contributed by atoms with E-state index in [1.165, 1.54) is 45.4 Å². The molecule has 180 valence electrons. The second-order valence-corrected chi connectivity index (χ2v) is 8.17. The molecular formula is C25H36F2N6. The van der Waals surface area contributed by atoms with Crippen LogP contribution in [0.25, 0.3) is 16.8 Å².